The van der Waals surface area contributed by atoms with Gasteiger partial charge in [-0.05, 0) is 79.6 Å². The van der Waals surface area contributed by atoms with Gasteiger partial charge in [0.1, 0.15) is 28.4 Å². The normalized spacial score (nSPS) is 36.7. The largest absolute Gasteiger partial charge is 0.507 e. The van der Waals surface area contributed by atoms with Crippen LogP contribution in [0.2, 0.25) is 0 Å². The van der Waals surface area contributed by atoms with Crippen molar-refractivity contribution in [1.82, 2.24) is 0 Å². The number of phenols is 1. The molecule has 2 saturated carbocycles. The van der Waals surface area contributed by atoms with Crippen molar-refractivity contribution in [3.63, 3.8) is 0 Å². The second kappa shape index (κ2) is 7.66. The van der Waals surface area contributed by atoms with Crippen LogP contribution >= 0.6 is 0 Å². The number of rotatable bonds is 3. The van der Waals surface area contributed by atoms with Crippen LogP contribution in [0.4, 0.5) is 0 Å². The molecule has 8 rings (SSSR count). The highest BCUT2D eigenvalue weighted by Crippen LogP contribution is 2.67. The van der Waals surface area contributed by atoms with E-state index in [0.29, 0.717) is 35.5 Å². The maximum atomic E-state index is 14.5. The molecule has 6 nitrogen and oxygen atoms in total. The molecule has 6 atom stereocenters. The first-order chi connectivity index (χ1) is 18.3. The third-order valence-electron chi connectivity index (χ3n) is 10.3. The molecule has 6 heteroatoms. The van der Waals surface area contributed by atoms with Gasteiger partial charge in [0.2, 0.25) is 6.10 Å². The van der Waals surface area contributed by atoms with Crippen LogP contribution in [0, 0.1) is 23.9 Å². The Balaban J connectivity index is 1.52. The summed E-state index contributed by atoms with van der Waals surface area (Å²) in [7, 11) is 0. The number of allylic oxidation sites excluding steroid dienone is 4. The molecule has 3 aliphatic heterocycles. The second-order valence-electron chi connectivity index (χ2n) is 13.7. The Labute approximate surface area is 230 Å². The van der Waals surface area contributed by atoms with Crippen LogP contribution in [-0.4, -0.2) is 33.5 Å². The van der Waals surface area contributed by atoms with E-state index >= 15 is 0 Å². The van der Waals surface area contributed by atoms with Crippen LogP contribution in [0.1, 0.15) is 94.6 Å². The third-order valence-corrected chi connectivity index (χ3v) is 10.3. The van der Waals surface area contributed by atoms with Gasteiger partial charge in [-0.1, -0.05) is 29.9 Å². The first kappa shape index (κ1) is 25.1. The predicted molar refractivity (Wildman–Crippen MR) is 146 cm³/mol. The Kier molecular flexibility index (Phi) is 4.93. The zero-order valence-electron chi connectivity index (χ0n) is 23.7. The van der Waals surface area contributed by atoms with Crippen LogP contribution in [0.5, 0.6) is 17.2 Å². The lowest BCUT2D eigenvalue weighted by atomic mass is 9.56. The van der Waals surface area contributed by atoms with E-state index in [1.54, 1.807) is 6.08 Å². The monoisotopic (exact) mass is 529 g/mol. The fourth-order valence-corrected chi connectivity index (χ4v) is 8.41. The quantitative estimate of drug-likeness (QED) is 0.462. The molecule has 4 aliphatic carbocycles. The summed E-state index contributed by atoms with van der Waals surface area (Å²) >= 11 is 0. The van der Waals surface area contributed by atoms with Gasteiger partial charge in [-0.2, -0.15) is 0 Å². The molecule has 1 saturated heterocycles. The summed E-state index contributed by atoms with van der Waals surface area (Å²) < 4.78 is 20.0. The average Bonchev–Trinajstić information content (AvgIpc) is 3.02. The smallest absolute Gasteiger partial charge is 0.212 e. The number of Topliss-reactive ketones (excluding diaryl/α,β-unsaturated/α-hetero) is 2. The fourth-order valence-electron chi connectivity index (χ4n) is 8.41. The van der Waals surface area contributed by atoms with E-state index in [9.17, 15) is 14.7 Å². The molecule has 1 spiro atoms. The number of phenolic OH excluding ortho intramolecular Hbond substituents is 1. The summed E-state index contributed by atoms with van der Waals surface area (Å²) in [5.41, 5.74) is 1.98. The van der Waals surface area contributed by atoms with Crippen molar-refractivity contribution in [2.24, 2.45) is 17.8 Å². The first-order valence-electron chi connectivity index (χ1n) is 14.2. The van der Waals surface area contributed by atoms with E-state index < -0.39 is 17.1 Å². The highest BCUT2D eigenvalue weighted by Gasteiger charge is 2.75. The Hall–Kier alpha value is -2.86. The van der Waals surface area contributed by atoms with Crippen molar-refractivity contribution in [2.75, 3.05) is 0 Å². The number of ketones is 2. The molecule has 205 valence electrons. The van der Waals surface area contributed by atoms with Crippen LogP contribution in [0.15, 0.2) is 35.5 Å². The molecule has 1 radical (unpaired) electrons. The fraction of sp³-hybridized carbons (Fsp3) is 0.545. The minimum atomic E-state index is -1.27. The average molecular weight is 530 g/mol. The number of hydrogen-bond donors (Lipinski definition) is 1. The van der Waals surface area contributed by atoms with Gasteiger partial charge in [0.15, 0.2) is 17.2 Å². The van der Waals surface area contributed by atoms with Crippen LogP contribution < -0.4 is 9.47 Å². The van der Waals surface area contributed by atoms with Crippen LogP contribution in [0.3, 0.4) is 0 Å². The topological polar surface area (TPSA) is 82.1 Å². The molecule has 39 heavy (non-hydrogen) atoms. The highest BCUT2D eigenvalue weighted by atomic mass is 16.6. The Bertz CT molecular complexity index is 1440. The molecule has 0 aromatic heterocycles. The molecule has 7 aliphatic rings. The molecular formula is C33H37O6. The second-order valence-corrected chi connectivity index (χ2v) is 13.7. The maximum Gasteiger partial charge on any atom is 0.212 e. The Morgan fingerprint density at radius 2 is 1.87 bits per heavy atom. The molecule has 1 aromatic carbocycles. The summed E-state index contributed by atoms with van der Waals surface area (Å²) in [6, 6.07) is 0. The molecule has 1 N–H and O–H groups in total. The van der Waals surface area contributed by atoms with Gasteiger partial charge in [-0.3, -0.25) is 9.59 Å². The highest BCUT2D eigenvalue weighted by molar-refractivity contribution is 6.19. The molecule has 0 unspecified atom stereocenters. The summed E-state index contributed by atoms with van der Waals surface area (Å²) in [5, 5.41) is 12.0. The number of fused-ring (bicyclic) bond motifs is 5. The zero-order valence-corrected chi connectivity index (χ0v) is 23.7. The van der Waals surface area contributed by atoms with Gasteiger partial charge in [-0.15, -0.1) is 0 Å². The molecule has 0 amide bonds. The van der Waals surface area contributed by atoms with Crippen molar-refractivity contribution in [2.45, 2.75) is 96.4 Å². The lowest BCUT2D eigenvalue weighted by Gasteiger charge is -2.52. The summed E-state index contributed by atoms with van der Waals surface area (Å²) in [6.07, 6.45) is 7.73. The number of benzene rings is 1. The Morgan fingerprint density at radius 3 is 2.56 bits per heavy atom. The molecule has 3 fully saturated rings. The summed E-state index contributed by atoms with van der Waals surface area (Å²) in [5.74, 6) is 0.117. The van der Waals surface area contributed by atoms with Gasteiger partial charge in [0.05, 0.1) is 5.60 Å². The molecule has 6 bridgehead atoms. The first-order valence-corrected chi connectivity index (χ1v) is 14.2. The zero-order chi connectivity index (χ0) is 27.8. The van der Waals surface area contributed by atoms with E-state index in [4.69, 9.17) is 14.2 Å². The maximum absolute atomic E-state index is 14.5. The van der Waals surface area contributed by atoms with Crippen molar-refractivity contribution in [1.29, 1.82) is 0 Å². The van der Waals surface area contributed by atoms with Crippen LogP contribution in [0.25, 0.3) is 0 Å². The number of aromatic hydroxyl groups is 1. The SMILES string of the molecule is C=C(C)[C@@H]1CC[C@@]2(C)C[C@@H]1c1c(O)c3c(c(CC=C(C)C)c1O2)O[C@@]12[C]4OC(C)(C)[C@@H]1C[C@@H](C=C2C3=O)C4=O. The predicted octanol–water partition coefficient (Wildman–Crippen LogP) is 6.31. The standard InChI is InChI=1S/C33H37O6/c1-15(2)8-9-19-28-23(20-14-32(7,37-28)11-10-18(20)16(3)4)27(36)24-26(35)21-12-17-13-22-31(5,6)39-30(25(17)34)33(21,22)38-29(19)24/h8,12,17-18,20,22,36H,3,9-11,13-14H2,1-2,4-7H3/t17-,18+,20+,22+,32+,33-/m1/s1. The van der Waals surface area contributed by atoms with E-state index in [1.807, 2.05) is 27.7 Å². The van der Waals surface area contributed by atoms with E-state index in [-0.39, 0.29) is 52.3 Å². The van der Waals surface area contributed by atoms with Crippen molar-refractivity contribution < 1.29 is 28.9 Å². The van der Waals surface area contributed by atoms with Gasteiger partial charge in [0, 0.05) is 34.5 Å². The molecule has 3 heterocycles. The van der Waals surface area contributed by atoms with Gasteiger partial charge >= 0.3 is 0 Å². The van der Waals surface area contributed by atoms with E-state index in [0.717, 1.165) is 36.0 Å². The van der Waals surface area contributed by atoms with E-state index in [1.165, 1.54) is 0 Å². The number of ether oxygens (including phenoxy) is 3. The third kappa shape index (κ3) is 3.07. The van der Waals surface area contributed by atoms with Gasteiger partial charge in [-0.25, -0.2) is 0 Å². The number of carbonyl (C=O) groups is 2. The summed E-state index contributed by atoms with van der Waals surface area (Å²) in [6.45, 7) is 16.5. The minimum Gasteiger partial charge on any atom is -0.507 e. The Morgan fingerprint density at radius 1 is 1.13 bits per heavy atom. The number of carbonyl (C=O) groups excluding carboxylic acids is 2. The molecule has 1 aromatic rings. The van der Waals surface area contributed by atoms with Crippen molar-refractivity contribution in [3.05, 3.63) is 58.2 Å². The summed E-state index contributed by atoms with van der Waals surface area (Å²) in [4.78, 5) is 27.8. The molecular weight excluding hydrogens is 492 g/mol. The number of hydrogen-bond acceptors (Lipinski definition) is 6. The minimum absolute atomic E-state index is 0.00405. The lowest BCUT2D eigenvalue weighted by Crippen LogP contribution is -2.62. The lowest BCUT2D eigenvalue weighted by molar-refractivity contribution is -0.132. The van der Waals surface area contributed by atoms with Gasteiger partial charge in [0.25, 0.3) is 0 Å². The van der Waals surface area contributed by atoms with Crippen LogP contribution in [-0.2, 0) is 16.0 Å². The van der Waals surface area contributed by atoms with Gasteiger partial charge < -0.3 is 19.3 Å². The van der Waals surface area contributed by atoms with Crippen molar-refractivity contribution >= 4 is 11.6 Å². The van der Waals surface area contributed by atoms with Crippen molar-refractivity contribution in [3.8, 4) is 17.2 Å². The van der Waals surface area contributed by atoms with E-state index in [2.05, 4.69) is 26.5 Å².